The number of carbonyl (C=O) groups is 2. The number of esters is 1. The van der Waals surface area contributed by atoms with Crippen molar-refractivity contribution in [3.05, 3.63) is 12.2 Å². The molecule has 0 bridgehead atoms. The first kappa shape index (κ1) is 11.9. The van der Waals surface area contributed by atoms with Crippen LogP contribution in [0.5, 0.6) is 0 Å². The molecule has 3 heteroatoms. The number of ketones is 1. The second kappa shape index (κ2) is 3.69. The van der Waals surface area contributed by atoms with Crippen LogP contribution in [0, 0.1) is 23.2 Å². The van der Waals surface area contributed by atoms with Gasteiger partial charge in [0.15, 0.2) is 0 Å². The van der Waals surface area contributed by atoms with E-state index in [2.05, 4.69) is 20.4 Å². The Morgan fingerprint density at radius 1 is 1.39 bits per heavy atom. The van der Waals surface area contributed by atoms with E-state index in [-0.39, 0.29) is 23.4 Å². The standard InChI is InChI=1S/C15H20O3/c1-8-6-12-10(9(2)14(17)18-12)7-15(3)11(8)4-5-13(15)16/h8,10-12H,2,4-7H2,1,3H3/t8-,10+,11+,12-,15+/m1/s1. The van der Waals surface area contributed by atoms with Gasteiger partial charge >= 0.3 is 5.97 Å². The summed E-state index contributed by atoms with van der Waals surface area (Å²) in [6.45, 7) is 8.15. The molecular formula is C15H20O3. The summed E-state index contributed by atoms with van der Waals surface area (Å²) in [6.07, 6.45) is 3.27. The van der Waals surface area contributed by atoms with Crippen LogP contribution in [-0.2, 0) is 14.3 Å². The van der Waals surface area contributed by atoms with Crippen LogP contribution in [0.4, 0.5) is 0 Å². The number of Topliss-reactive ketones (excluding diaryl/α,β-unsaturated/α-hetero) is 1. The average molecular weight is 248 g/mol. The Morgan fingerprint density at radius 2 is 2.11 bits per heavy atom. The molecule has 3 aliphatic rings. The second-order valence-corrected chi connectivity index (χ2v) is 6.48. The van der Waals surface area contributed by atoms with Crippen molar-refractivity contribution < 1.29 is 14.3 Å². The van der Waals surface area contributed by atoms with E-state index in [9.17, 15) is 9.59 Å². The molecule has 0 aromatic carbocycles. The molecular weight excluding hydrogens is 228 g/mol. The van der Waals surface area contributed by atoms with Gasteiger partial charge in [-0.15, -0.1) is 0 Å². The van der Waals surface area contributed by atoms with Crippen molar-refractivity contribution in [1.82, 2.24) is 0 Å². The molecule has 2 saturated carbocycles. The van der Waals surface area contributed by atoms with Crippen LogP contribution in [-0.4, -0.2) is 17.9 Å². The van der Waals surface area contributed by atoms with Crippen LogP contribution < -0.4 is 0 Å². The largest absolute Gasteiger partial charge is 0.458 e. The van der Waals surface area contributed by atoms with Crippen LogP contribution in [0.1, 0.15) is 39.5 Å². The van der Waals surface area contributed by atoms with E-state index < -0.39 is 0 Å². The molecule has 0 radical (unpaired) electrons. The van der Waals surface area contributed by atoms with Gasteiger partial charge in [0.2, 0.25) is 0 Å². The molecule has 5 atom stereocenters. The Balaban J connectivity index is 1.98. The zero-order valence-corrected chi connectivity index (χ0v) is 11.1. The molecule has 0 unspecified atom stereocenters. The SMILES string of the molecule is C=C1C(=O)O[C@@H]2C[C@@H](C)[C@@H]3CCC(=O)[C@@]3(C)C[C@@H]12. The van der Waals surface area contributed by atoms with Gasteiger partial charge in [0.1, 0.15) is 11.9 Å². The Hall–Kier alpha value is -1.12. The number of hydrogen-bond donors (Lipinski definition) is 0. The average Bonchev–Trinajstić information content (AvgIpc) is 2.69. The van der Waals surface area contributed by atoms with Gasteiger partial charge in [0.05, 0.1) is 0 Å². The van der Waals surface area contributed by atoms with Crippen molar-refractivity contribution in [1.29, 1.82) is 0 Å². The Labute approximate surface area is 108 Å². The third-order valence-electron chi connectivity index (χ3n) is 5.49. The third-order valence-corrected chi connectivity index (χ3v) is 5.49. The number of carbonyl (C=O) groups excluding carboxylic acids is 2. The summed E-state index contributed by atoms with van der Waals surface area (Å²) >= 11 is 0. The summed E-state index contributed by atoms with van der Waals surface area (Å²) in [5.74, 6) is 1.05. The van der Waals surface area contributed by atoms with E-state index in [0.717, 1.165) is 19.3 Å². The molecule has 3 nitrogen and oxygen atoms in total. The van der Waals surface area contributed by atoms with Crippen molar-refractivity contribution in [3.8, 4) is 0 Å². The van der Waals surface area contributed by atoms with Gasteiger partial charge in [-0.05, 0) is 31.1 Å². The van der Waals surface area contributed by atoms with Gasteiger partial charge < -0.3 is 4.74 Å². The fourth-order valence-corrected chi connectivity index (χ4v) is 4.40. The maximum Gasteiger partial charge on any atom is 0.334 e. The van der Waals surface area contributed by atoms with Crippen LogP contribution in [0.15, 0.2) is 12.2 Å². The van der Waals surface area contributed by atoms with Gasteiger partial charge in [-0.3, -0.25) is 4.79 Å². The molecule has 0 aromatic heterocycles. The maximum atomic E-state index is 12.2. The van der Waals surface area contributed by atoms with Crippen LogP contribution >= 0.6 is 0 Å². The van der Waals surface area contributed by atoms with Crippen molar-refractivity contribution >= 4 is 11.8 Å². The fourth-order valence-electron chi connectivity index (χ4n) is 4.40. The molecule has 1 saturated heterocycles. The van der Waals surface area contributed by atoms with Gasteiger partial charge in [-0.25, -0.2) is 4.79 Å². The quantitative estimate of drug-likeness (QED) is 0.488. The Bertz CT molecular complexity index is 439. The summed E-state index contributed by atoms with van der Waals surface area (Å²) in [5, 5.41) is 0. The summed E-state index contributed by atoms with van der Waals surface area (Å²) in [7, 11) is 0. The molecule has 0 spiro atoms. The molecule has 2 aliphatic carbocycles. The second-order valence-electron chi connectivity index (χ2n) is 6.48. The predicted molar refractivity (Wildman–Crippen MR) is 66.7 cm³/mol. The zero-order valence-electron chi connectivity index (χ0n) is 11.1. The molecule has 3 rings (SSSR count). The molecule has 0 aromatic rings. The first-order chi connectivity index (χ1) is 8.43. The number of rotatable bonds is 0. The lowest BCUT2D eigenvalue weighted by Crippen LogP contribution is -2.32. The minimum Gasteiger partial charge on any atom is -0.458 e. The number of hydrogen-bond acceptors (Lipinski definition) is 3. The van der Waals surface area contributed by atoms with E-state index >= 15 is 0 Å². The fraction of sp³-hybridized carbons (Fsp3) is 0.733. The van der Waals surface area contributed by atoms with Crippen molar-refractivity contribution in [2.24, 2.45) is 23.2 Å². The third kappa shape index (κ3) is 1.42. The minimum absolute atomic E-state index is 0.0461. The van der Waals surface area contributed by atoms with E-state index in [1.165, 1.54) is 0 Å². The smallest absolute Gasteiger partial charge is 0.334 e. The van der Waals surface area contributed by atoms with Crippen LogP contribution in [0.25, 0.3) is 0 Å². The van der Waals surface area contributed by atoms with E-state index in [1.807, 2.05) is 0 Å². The highest BCUT2D eigenvalue weighted by Gasteiger charge is 2.55. The molecule has 1 aliphatic heterocycles. The summed E-state index contributed by atoms with van der Waals surface area (Å²) < 4.78 is 5.42. The first-order valence-electron chi connectivity index (χ1n) is 6.86. The lowest BCUT2D eigenvalue weighted by atomic mass is 9.70. The zero-order chi connectivity index (χ0) is 13.1. The monoisotopic (exact) mass is 248 g/mol. The highest BCUT2D eigenvalue weighted by Crippen LogP contribution is 2.55. The Kier molecular flexibility index (Phi) is 2.45. The van der Waals surface area contributed by atoms with Gasteiger partial charge in [0.25, 0.3) is 0 Å². The van der Waals surface area contributed by atoms with Crippen LogP contribution in [0.3, 0.4) is 0 Å². The highest BCUT2D eigenvalue weighted by atomic mass is 16.6. The van der Waals surface area contributed by atoms with Crippen molar-refractivity contribution in [2.45, 2.75) is 45.6 Å². The lowest BCUT2D eigenvalue weighted by molar-refractivity contribution is -0.139. The molecule has 18 heavy (non-hydrogen) atoms. The van der Waals surface area contributed by atoms with Crippen molar-refractivity contribution in [2.75, 3.05) is 0 Å². The summed E-state index contributed by atoms with van der Waals surface area (Å²) in [5.41, 5.74) is 0.309. The van der Waals surface area contributed by atoms with Gasteiger partial charge in [0, 0.05) is 23.3 Å². The molecule has 98 valence electrons. The highest BCUT2D eigenvalue weighted by molar-refractivity contribution is 5.92. The number of ether oxygens (including phenoxy) is 1. The summed E-state index contributed by atoms with van der Waals surface area (Å²) in [4.78, 5) is 23.9. The van der Waals surface area contributed by atoms with Gasteiger partial charge in [-0.1, -0.05) is 20.4 Å². The van der Waals surface area contributed by atoms with Gasteiger partial charge in [-0.2, -0.15) is 0 Å². The van der Waals surface area contributed by atoms with E-state index in [0.29, 0.717) is 29.6 Å². The lowest BCUT2D eigenvalue weighted by Gasteiger charge is -2.32. The maximum absolute atomic E-state index is 12.2. The Morgan fingerprint density at radius 3 is 2.83 bits per heavy atom. The minimum atomic E-state index is -0.268. The normalized spacial score (nSPS) is 47.6. The van der Waals surface area contributed by atoms with E-state index in [4.69, 9.17) is 4.74 Å². The molecule has 0 N–H and O–H groups in total. The molecule has 1 heterocycles. The predicted octanol–water partition coefficient (Wildman–Crippen LogP) is 2.50. The molecule has 3 fully saturated rings. The first-order valence-corrected chi connectivity index (χ1v) is 6.86. The van der Waals surface area contributed by atoms with E-state index in [1.54, 1.807) is 0 Å². The van der Waals surface area contributed by atoms with Crippen molar-refractivity contribution in [3.63, 3.8) is 0 Å². The molecule has 0 amide bonds. The topological polar surface area (TPSA) is 43.4 Å². The summed E-state index contributed by atoms with van der Waals surface area (Å²) in [6, 6.07) is 0. The van der Waals surface area contributed by atoms with Crippen LogP contribution in [0.2, 0.25) is 0 Å². The number of fused-ring (bicyclic) bond motifs is 2.